The third kappa shape index (κ3) is 11.7. The molecule has 7 nitrogen and oxygen atoms in total. The van der Waals surface area contributed by atoms with Crippen LogP contribution in [-0.4, -0.2) is 43.3 Å². The monoisotopic (exact) mass is 344 g/mol. The molecule has 0 rings (SSSR count). The fourth-order valence-electron chi connectivity index (χ4n) is 1.99. The minimum atomic E-state index is -0.650. The predicted molar refractivity (Wildman–Crippen MR) is 91.5 cm³/mol. The van der Waals surface area contributed by atoms with Crippen LogP contribution in [0.2, 0.25) is 0 Å². The van der Waals surface area contributed by atoms with Crippen LogP contribution in [0, 0.1) is 5.92 Å². The summed E-state index contributed by atoms with van der Waals surface area (Å²) in [5.41, 5.74) is -0.527. The highest BCUT2D eigenvalue weighted by Gasteiger charge is 2.21. The quantitative estimate of drug-likeness (QED) is 0.495. The van der Waals surface area contributed by atoms with Gasteiger partial charge in [0.15, 0.2) is 0 Å². The lowest BCUT2D eigenvalue weighted by atomic mass is 10.1. The lowest BCUT2D eigenvalue weighted by Crippen LogP contribution is -2.42. The van der Waals surface area contributed by atoms with E-state index in [2.05, 4.69) is 10.6 Å². The molecule has 1 atom stereocenters. The maximum Gasteiger partial charge on any atom is 0.407 e. The SMILES string of the molecule is COC(=O)C(CCCCNC(=O)OC(C)(C)C)NC(=O)CC(C)C. The standard InChI is InChI=1S/C17H32N2O5/c1-12(2)11-14(20)19-13(15(21)23-6)9-7-8-10-18-16(22)24-17(3,4)5/h12-13H,7-11H2,1-6H3,(H,18,22)(H,19,20). The molecule has 7 heteroatoms. The molecule has 0 aromatic carbocycles. The van der Waals surface area contributed by atoms with Crippen molar-refractivity contribution < 1.29 is 23.9 Å². The Kier molecular flexibility index (Phi) is 10.1. The molecule has 140 valence electrons. The van der Waals surface area contributed by atoms with Gasteiger partial charge in [-0.05, 0) is 46.0 Å². The number of carbonyl (C=O) groups is 3. The molecule has 0 aromatic heterocycles. The second-order valence-electron chi connectivity index (χ2n) is 7.17. The van der Waals surface area contributed by atoms with Gasteiger partial charge in [0.1, 0.15) is 11.6 Å². The van der Waals surface area contributed by atoms with E-state index in [4.69, 9.17) is 9.47 Å². The topological polar surface area (TPSA) is 93.7 Å². The Morgan fingerprint density at radius 3 is 2.21 bits per heavy atom. The highest BCUT2D eigenvalue weighted by molar-refractivity contribution is 5.84. The summed E-state index contributed by atoms with van der Waals surface area (Å²) in [7, 11) is 1.30. The van der Waals surface area contributed by atoms with E-state index in [1.807, 2.05) is 13.8 Å². The minimum Gasteiger partial charge on any atom is -0.467 e. The number of amides is 2. The van der Waals surface area contributed by atoms with Crippen LogP contribution in [0.1, 0.15) is 60.3 Å². The predicted octanol–water partition coefficient (Wildman–Crippen LogP) is 2.39. The fraction of sp³-hybridized carbons (Fsp3) is 0.824. The highest BCUT2D eigenvalue weighted by Crippen LogP contribution is 2.07. The lowest BCUT2D eigenvalue weighted by Gasteiger charge is -2.20. The number of methoxy groups -OCH3 is 1. The molecule has 2 amide bonds. The number of nitrogens with one attached hydrogen (secondary N) is 2. The number of esters is 1. The molecule has 0 heterocycles. The molecule has 0 bridgehead atoms. The van der Waals surface area contributed by atoms with Crippen LogP contribution in [0.25, 0.3) is 0 Å². The Hall–Kier alpha value is -1.79. The number of unbranched alkanes of at least 4 members (excludes halogenated alkanes) is 1. The van der Waals surface area contributed by atoms with E-state index in [0.29, 0.717) is 32.2 Å². The summed E-state index contributed by atoms with van der Waals surface area (Å²) in [6.45, 7) is 9.72. The van der Waals surface area contributed by atoms with Crippen LogP contribution in [0.5, 0.6) is 0 Å². The first kappa shape index (κ1) is 22.2. The van der Waals surface area contributed by atoms with E-state index >= 15 is 0 Å². The number of hydrogen-bond donors (Lipinski definition) is 2. The largest absolute Gasteiger partial charge is 0.467 e. The van der Waals surface area contributed by atoms with Crippen LogP contribution in [0.15, 0.2) is 0 Å². The first-order chi connectivity index (χ1) is 11.0. The summed E-state index contributed by atoms with van der Waals surface area (Å²) in [5.74, 6) is -0.388. The van der Waals surface area contributed by atoms with Crippen molar-refractivity contribution in [2.24, 2.45) is 5.92 Å². The molecule has 2 N–H and O–H groups in total. The van der Waals surface area contributed by atoms with E-state index in [1.165, 1.54) is 7.11 Å². The number of alkyl carbamates (subject to hydrolysis) is 1. The summed E-state index contributed by atoms with van der Waals surface area (Å²) in [6, 6.07) is -0.650. The van der Waals surface area contributed by atoms with Gasteiger partial charge in [-0.15, -0.1) is 0 Å². The molecule has 1 unspecified atom stereocenters. The number of ether oxygens (including phenoxy) is 2. The van der Waals surface area contributed by atoms with Gasteiger partial charge in [0.05, 0.1) is 7.11 Å². The lowest BCUT2D eigenvalue weighted by molar-refractivity contribution is -0.145. The van der Waals surface area contributed by atoms with Gasteiger partial charge in [0.2, 0.25) is 5.91 Å². The van der Waals surface area contributed by atoms with E-state index in [-0.39, 0.29) is 11.8 Å². The normalized spacial score (nSPS) is 12.5. The Balaban J connectivity index is 4.13. The van der Waals surface area contributed by atoms with Crippen molar-refractivity contribution in [3.8, 4) is 0 Å². The zero-order chi connectivity index (χ0) is 18.8. The molecule has 0 aromatic rings. The average Bonchev–Trinajstić information content (AvgIpc) is 2.42. The zero-order valence-electron chi connectivity index (χ0n) is 15.7. The van der Waals surface area contributed by atoms with E-state index in [9.17, 15) is 14.4 Å². The van der Waals surface area contributed by atoms with Crippen molar-refractivity contribution in [2.45, 2.75) is 71.9 Å². The van der Waals surface area contributed by atoms with Crippen LogP contribution in [0.4, 0.5) is 4.79 Å². The minimum absolute atomic E-state index is 0.160. The maximum absolute atomic E-state index is 11.8. The molecule has 0 saturated carbocycles. The molecule has 24 heavy (non-hydrogen) atoms. The summed E-state index contributed by atoms with van der Waals surface area (Å²) in [4.78, 5) is 35.0. The van der Waals surface area contributed by atoms with Crippen LogP contribution < -0.4 is 10.6 Å². The summed E-state index contributed by atoms with van der Waals surface area (Å²) in [6.07, 6.45) is 1.71. The Labute approximate surface area is 144 Å². The fourth-order valence-corrected chi connectivity index (χ4v) is 1.99. The Bertz CT molecular complexity index is 416. The average molecular weight is 344 g/mol. The van der Waals surface area contributed by atoms with Gasteiger partial charge in [0, 0.05) is 13.0 Å². The van der Waals surface area contributed by atoms with Crippen molar-refractivity contribution in [2.75, 3.05) is 13.7 Å². The first-order valence-electron chi connectivity index (χ1n) is 8.39. The van der Waals surface area contributed by atoms with E-state index in [1.54, 1.807) is 20.8 Å². The molecule has 0 spiro atoms. The zero-order valence-corrected chi connectivity index (χ0v) is 15.7. The van der Waals surface area contributed by atoms with Crippen LogP contribution in [0.3, 0.4) is 0 Å². The van der Waals surface area contributed by atoms with Crippen molar-refractivity contribution in [3.05, 3.63) is 0 Å². The Morgan fingerprint density at radius 2 is 1.71 bits per heavy atom. The van der Waals surface area contributed by atoms with Gasteiger partial charge in [0.25, 0.3) is 0 Å². The summed E-state index contributed by atoms with van der Waals surface area (Å²) in [5, 5.41) is 5.36. The summed E-state index contributed by atoms with van der Waals surface area (Å²) < 4.78 is 9.85. The third-order valence-electron chi connectivity index (χ3n) is 3.00. The van der Waals surface area contributed by atoms with Gasteiger partial charge in [-0.25, -0.2) is 9.59 Å². The Morgan fingerprint density at radius 1 is 1.08 bits per heavy atom. The number of carbonyl (C=O) groups excluding carboxylic acids is 3. The van der Waals surface area contributed by atoms with Gasteiger partial charge >= 0.3 is 12.1 Å². The summed E-state index contributed by atoms with van der Waals surface area (Å²) >= 11 is 0. The smallest absolute Gasteiger partial charge is 0.407 e. The number of rotatable bonds is 9. The second-order valence-corrected chi connectivity index (χ2v) is 7.17. The van der Waals surface area contributed by atoms with Gasteiger partial charge in [-0.3, -0.25) is 4.79 Å². The highest BCUT2D eigenvalue weighted by atomic mass is 16.6. The van der Waals surface area contributed by atoms with Gasteiger partial charge in [-0.1, -0.05) is 13.8 Å². The van der Waals surface area contributed by atoms with Crippen molar-refractivity contribution in [1.82, 2.24) is 10.6 Å². The van der Waals surface area contributed by atoms with Crippen molar-refractivity contribution in [3.63, 3.8) is 0 Å². The van der Waals surface area contributed by atoms with Crippen LogP contribution in [-0.2, 0) is 19.1 Å². The number of hydrogen-bond acceptors (Lipinski definition) is 5. The molecule has 0 aliphatic carbocycles. The van der Waals surface area contributed by atoms with E-state index < -0.39 is 23.7 Å². The van der Waals surface area contributed by atoms with Gasteiger partial charge < -0.3 is 20.1 Å². The molecular formula is C17H32N2O5. The van der Waals surface area contributed by atoms with Crippen molar-refractivity contribution in [1.29, 1.82) is 0 Å². The van der Waals surface area contributed by atoms with E-state index in [0.717, 1.165) is 0 Å². The molecule has 0 radical (unpaired) electrons. The second kappa shape index (κ2) is 10.9. The van der Waals surface area contributed by atoms with Crippen LogP contribution >= 0.6 is 0 Å². The maximum atomic E-state index is 11.8. The molecular weight excluding hydrogens is 312 g/mol. The van der Waals surface area contributed by atoms with Gasteiger partial charge in [-0.2, -0.15) is 0 Å². The molecule has 0 saturated heterocycles. The molecule has 0 fully saturated rings. The third-order valence-corrected chi connectivity index (χ3v) is 3.00. The molecule has 0 aliphatic heterocycles. The van der Waals surface area contributed by atoms with Crippen molar-refractivity contribution >= 4 is 18.0 Å². The molecule has 0 aliphatic rings. The first-order valence-corrected chi connectivity index (χ1v) is 8.39.